The predicted octanol–water partition coefficient (Wildman–Crippen LogP) is 3.08. The standard InChI is InChI=1S/C20H24N4O/c1-15-10-17(2-3-18(15)11-21)12-22-20-5-4-19(13-23-20)24-8-6-16(14-25)7-9-24/h2-5,10,13,16,25H,6-9,12,14H2,1H3,(H,22,23). The Kier molecular flexibility index (Phi) is 5.52. The smallest absolute Gasteiger partial charge is 0.126 e. The summed E-state index contributed by atoms with van der Waals surface area (Å²) in [5, 5.41) is 21.5. The zero-order valence-electron chi connectivity index (χ0n) is 14.6. The number of nitriles is 1. The number of aliphatic hydroxyl groups excluding tert-OH is 1. The third kappa shape index (κ3) is 4.28. The molecule has 0 saturated carbocycles. The van der Waals surface area contributed by atoms with Crippen LogP contribution in [0.25, 0.3) is 0 Å². The van der Waals surface area contributed by atoms with Crippen LogP contribution in [0, 0.1) is 24.2 Å². The molecule has 1 aliphatic heterocycles. The number of rotatable bonds is 5. The molecule has 5 nitrogen and oxygen atoms in total. The van der Waals surface area contributed by atoms with Gasteiger partial charge in [-0.2, -0.15) is 5.26 Å². The number of pyridine rings is 1. The Morgan fingerprint density at radius 1 is 1.28 bits per heavy atom. The number of hydrogen-bond acceptors (Lipinski definition) is 5. The van der Waals surface area contributed by atoms with Gasteiger partial charge in [0.1, 0.15) is 5.82 Å². The fraction of sp³-hybridized carbons (Fsp3) is 0.400. The molecule has 0 atom stereocenters. The Morgan fingerprint density at radius 3 is 2.68 bits per heavy atom. The summed E-state index contributed by atoms with van der Waals surface area (Å²) >= 11 is 0. The van der Waals surface area contributed by atoms with Crippen molar-refractivity contribution in [3.05, 3.63) is 53.2 Å². The van der Waals surface area contributed by atoms with Crippen molar-refractivity contribution in [1.82, 2.24) is 4.98 Å². The van der Waals surface area contributed by atoms with Gasteiger partial charge in [-0.25, -0.2) is 4.98 Å². The van der Waals surface area contributed by atoms with Crippen molar-refractivity contribution >= 4 is 11.5 Å². The second-order valence-electron chi connectivity index (χ2n) is 6.63. The number of aromatic nitrogens is 1. The van der Waals surface area contributed by atoms with Gasteiger partial charge in [-0.05, 0) is 55.0 Å². The fourth-order valence-electron chi connectivity index (χ4n) is 3.21. The second kappa shape index (κ2) is 8.00. The Labute approximate surface area is 148 Å². The number of hydrogen-bond donors (Lipinski definition) is 2. The molecule has 1 aliphatic rings. The number of aryl methyl sites for hydroxylation is 1. The number of anilines is 2. The summed E-state index contributed by atoms with van der Waals surface area (Å²) in [6.45, 7) is 4.88. The molecule has 2 heterocycles. The molecule has 0 spiro atoms. The van der Waals surface area contributed by atoms with Crippen molar-refractivity contribution in [2.45, 2.75) is 26.3 Å². The number of nitrogens with zero attached hydrogens (tertiary/aromatic N) is 3. The van der Waals surface area contributed by atoms with E-state index >= 15 is 0 Å². The van der Waals surface area contributed by atoms with E-state index in [4.69, 9.17) is 5.26 Å². The molecule has 0 bridgehead atoms. The lowest BCUT2D eigenvalue weighted by Gasteiger charge is -2.32. The van der Waals surface area contributed by atoms with E-state index in [0.717, 1.165) is 54.1 Å². The van der Waals surface area contributed by atoms with Gasteiger partial charge in [-0.15, -0.1) is 0 Å². The molecule has 130 valence electrons. The van der Waals surface area contributed by atoms with Gasteiger partial charge in [-0.1, -0.05) is 12.1 Å². The highest BCUT2D eigenvalue weighted by molar-refractivity contribution is 5.50. The molecule has 25 heavy (non-hydrogen) atoms. The molecular formula is C20H24N4O. The maximum absolute atomic E-state index is 9.23. The second-order valence-corrected chi connectivity index (χ2v) is 6.63. The van der Waals surface area contributed by atoms with Crippen LogP contribution >= 0.6 is 0 Å². The van der Waals surface area contributed by atoms with E-state index in [9.17, 15) is 5.11 Å². The van der Waals surface area contributed by atoms with Crippen LogP contribution in [0.5, 0.6) is 0 Å². The van der Waals surface area contributed by atoms with Crippen LogP contribution in [0.15, 0.2) is 36.5 Å². The lowest BCUT2D eigenvalue weighted by Crippen LogP contribution is -2.34. The van der Waals surface area contributed by atoms with Crippen LogP contribution in [-0.2, 0) is 6.54 Å². The van der Waals surface area contributed by atoms with E-state index in [2.05, 4.69) is 27.3 Å². The summed E-state index contributed by atoms with van der Waals surface area (Å²) in [5.41, 5.74) is 3.98. The Morgan fingerprint density at radius 2 is 2.08 bits per heavy atom. The third-order valence-corrected chi connectivity index (χ3v) is 4.87. The molecule has 3 rings (SSSR count). The minimum Gasteiger partial charge on any atom is -0.396 e. The van der Waals surface area contributed by atoms with E-state index in [1.165, 1.54) is 0 Å². The molecular weight excluding hydrogens is 312 g/mol. The zero-order chi connectivity index (χ0) is 17.6. The molecule has 2 N–H and O–H groups in total. The molecule has 0 aliphatic carbocycles. The fourth-order valence-corrected chi connectivity index (χ4v) is 3.21. The lowest BCUT2D eigenvalue weighted by molar-refractivity contribution is 0.203. The van der Waals surface area contributed by atoms with Gasteiger partial charge >= 0.3 is 0 Å². The van der Waals surface area contributed by atoms with Crippen molar-refractivity contribution in [3.8, 4) is 6.07 Å². The molecule has 0 radical (unpaired) electrons. The summed E-state index contributed by atoms with van der Waals surface area (Å²) in [6.07, 6.45) is 3.98. The Balaban J connectivity index is 1.56. The average molecular weight is 336 g/mol. The van der Waals surface area contributed by atoms with Gasteiger partial charge in [0.2, 0.25) is 0 Å². The minimum atomic E-state index is 0.295. The van der Waals surface area contributed by atoms with E-state index < -0.39 is 0 Å². The topological polar surface area (TPSA) is 72.2 Å². The highest BCUT2D eigenvalue weighted by atomic mass is 16.3. The van der Waals surface area contributed by atoms with Gasteiger partial charge in [-0.3, -0.25) is 0 Å². The first-order valence-corrected chi connectivity index (χ1v) is 8.75. The van der Waals surface area contributed by atoms with Gasteiger partial charge in [0.15, 0.2) is 0 Å². The van der Waals surface area contributed by atoms with Gasteiger partial charge in [0.25, 0.3) is 0 Å². The largest absolute Gasteiger partial charge is 0.396 e. The van der Waals surface area contributed by atoms with E-state index in [-0.39, 0.29) is 0 Å². The maximum atomic E-state index is 9.23. The highest BCUT2D eigenvalue weighted by Crippen LogP contribution is 2.23. The van der Waals surface area contributed by atoms with Crippen molar-refractivity contribution in [2.24, 2.45) is 5.92 Å². The maximum Gasteiger partial charge on any atom is 0.126 e. The summed E-state index contributed by atoms with van der Waals surface area (Å²) in [7, 11) is 0. The van der Waals surface area contributed by atoms with Crippen molar-refractivity contribution in [1.29, 1.82) is 5.26 Å². The Hall–Kier alpha value is -2.58. The quantitative estimate of drug-likeness (QED) is 0.878. The summed E-state index contributed by atoms with van der Waals surface area (Å²) in [5.74, 6) is 1.29. The first-order valence-electron chi connectivity index (χ1n) is 8.75. The molecule has 2 aromatic rings. The van der Waals surface area contributed by atoms with Crippen LogP contribution in [-0.4, -0.2) is 29.8 Å². The minimum absolute atomic E-state index is 0.295. The molecule has 1 aromatic heterocycles. The van der Waals surface area contributed by atoms with Crippen molar-refractivity contribution < 1.29 is 5.11 Å². The third-order valence-electron chi connectivity index (χ3n) is 4.87. The first kappa shape index (κ1) is 17.2. The van der Waals surface area contributed by atoms with E-state index in [1.54, 1.807) is 0 Å². The molecule has 1 saturated heterocycles. The predicted molar refractivity (Wildman–Crippen MR) is 99.5 cm³/mol. The monoisotopic (exact) mass is 336 g/mol. The van der Waals surface area contributed by atoms with Crippen LogP contribution in [0.2, 0.25) is 0 Å². The van der Waals surface area contributed by atoms with Crippen LogP contribution < -0.4 is 10.2 Å². The van der Waals surface area contributed by atoms with E-state index in [0.29, 0.717) is 19.1 Å². The average Bonchev–Trinajstić information content (AvgIpc) is 2.67. The van der Waals surface area contributed by atoms with Crippen molar-refractivity contribution in [3.63, 3.8) is 0 Å². The van der Waals surface area contributed by atoms with Gasteiger partial charge in [0, 0.05) is 26.2 Å². The number of aliphatic hydroxyl groups is 1. The molecule has 0 unspecified atom stereocenters. The molecule has 0 amide bonds. The zero-order valence-corrected chi connectivity index (χ0v) is 14.6. The van der Waals surface area contributed by atoms with Gasteiger partial charge in [0.05, 0.1) is 23.5 Å². The highest BCUT2D eigenvalue weighted by Gasteiger charge is 2.18. The van der Waals surface area contributed by atoms with Crippen LogP contribution in [0.1, 0.15) is 29.5 Å². The lowest BCUT2D eigenvalue weighted by atomic mass is 9.98. The van der Waals surface area contributed by atoms with Crippen LogP contribution in [0.4, 0.5) is 11.5 Å². The SMILES string of the molecule is Cc1cc(CNc2ccc(N3CCC(CO)CC3)cn2)ccc1C#N. The molecule has 1 aromatic carbocycles. The summed E-state index contributed by atoms with van der Waals surface area (Å²) in [6, 6.07) is 12.2. The number of piperidine rings is 1. The first-order chi connectivity index (χ1) is 12.2. The Bertz CT molecular complexity index is 743. The molecule has 5 heteroatoms. The number of nitrogens with one attached hydrogen (secondary N) is 1. The van der Waals surface area contributed by atoms with Crippen LogP contribution in [0.3, 0.4) is 0 Å². The summed E-state index contributed by atoms with van der Waals surface area (Å²) < 4.78 is 0. The number of benzene rings is 1. The summed E-state index contributed by atoms with van der Waals surface area (Å²) in [4.78, 5) is 6.84. The van der Waals surface area contributed by atoms with Crippen molar-refractivity contribution in [2.75, 3.05) is 29.9 Å². The van der Waals surface area contributed by atoms with E-state index in [1.807, 2.05) is 37.4 Å². The molecule has 1 fully saturated rings. The normalized spacial score (nSPS) is 15.0. The van der Waals surface area contributed by atoms with Gasteiger partial charge < -0.3 is 15.3 Å².